The van der Waals surface area contributed by atoms with E-state index in [4.69, 9.17) is 9.72 Å². The third-order valence-corrected chi connectivity index (χ3v) is 8.04. The Morgan fingerprint density at radius 1 is 1.03 bits per heavy atom. The molecule has 0 saturated carbocycles. The summed E-state index contributed by atoms with van der Waals surface area (Å²) in [5.41, 5.74) is 3.61. The molecule has 39 heavy (non-hydrogen) atoms. The fourth-order valence-corrected chi connectivity index (χ4v) is 5.82. The monoisotopic (exact) mass is 560 g/mol. The topological polar surface area (TPSA) is 57.7 Å². The zero-order chi connectivity index (χ0) is 27.4. The maximum absolute atomic E-state index is 12.6. The molecule has 0 spiro atoms. The molecule has 0 unspecified atom stereocenters. The predicted molar refractivity (Wildman–Crippen MR) is 152 cm³/mol. The van der Waals surface area contributed by atoms with Gasteiger partial charge in [0.15, 0.2) is 5.94 Å². The smallest absolute Gasteiger partial charge is 0.244 e. The van der Waals surface area contributed by atoms with Gasteiger partial charge in [0.25, 0.3) is 0 Å². The summed E-state index contributed by atoms with van der Waals surface area (Å²) in [7, 11) is 0. The van der Waals surface area contributed by atoms with Crippen molar-refractivity contribution in [2.75, 3.05) is 42.3 Å². The van der Waals surface area contributed by atoms with Crippen LogP contribution in [0.15, 0.2) is 48.5 Å². The number of hydrogen-bond donors (Lipinski definition) is 1. The molecule has 1 aromatic heterocycles. The molecule has 210 valence electrons. The minimum atomic E-state index is -5.20. The number of carbonyl (C=O) groups excluding carboxylic acids is 1. The zero-order valence-corrected chi connectivity index (χ0v) is 23.0. The van der Waals surface area contributed by atoms with Gasteiger partial charge >= 0.3 is 0 Å². The molecule has 0 atom stereocenters. The standard InChI is InChI=1S/C29H35F3N4O2S/c1-21-18-28(36-16-12-24(13-17-36)35-14-2-3-15-35)34-27-10-7-23(19-26(21)27)33-29(37)11-6-22-4-8-25(9-5-22)38-20-39(30,31)32/h4-5,7-10,18-19,24H,2-3,6,11-17,20H2,1H3,(H,33,37). The third kappa shape index (κ3) is 7.36. The number of benzene rings is 2. The Labute approximate surface area is 229 Å². The van der Waals surface area contributed by atoms with Crippen molar-refractivity contribution in [2.45, 2.75) is 51.5 Å². The molecule has 0 bridgehead atoms. The molecule has 5 rings (SSSR count). The number of rotatable bonds is 9. The van der Waals surface area contributed by atoms with E-state index in [1.807, 2.05) is 18.2 Å². The molecule has 0 radical (unpaired) electrons. The van der Waals surface area contributed by atoms with Crippen LogP contribution in [0.4, 0.5) is 23.2 Å². The van der Waals surface area contributed by atoms with Crippen LogP contribution in [-0.2, 0) is 11.2 Å². The second-order valence-electron chi connectivity index (χ2n) is 10.4. The number of nitrogens with zero attached hydrogens (tertiary/aromatic N) is 3. The number of ether oxygens (including phenoxy) is 1. The SMILES string of the molecule is Cc1cc(N2CCC(N3CCCC3)CC2)nc2ccc(NC(=O)CCc3ccc(OCS(F)(F)F)cc3)cc12. The lowest BCUT2D eigenvalue weighted by Gasteiger charge is -2.37. The van der Waals surface area contributed by atoms with Crippen molar-refractivity contribution in [3.63, 3.8) is 0 Å². The van der Waals surface area contributed by atoms with Gasteiger partial charge in [-0.3, -0.25) is 4.79 Å². The van der Waals surface area contributed by atoms with Crippen LogP contribution in [0.25, 0.3) is 10.9 Å². The minimum absolute atomic E-state index is 0.126. The summed E-state index contributed by atoms with van der Waals surface area (Å²) in [5.74, 6) is -0.178. The number of aryl methyl sites for hydroxylation is 2. The number of fused-ring (bicyclic) bond motifs is 1. The van der Waals surface area contributed by atoms with Gasteiger partial charge in [-0.15, -0.1) is 11.7 Å². The summed E-state index contributed by atoms with van der Waals surface area (Å²) in [6.07, 6.45) is 5.75. The number of likely N-dealkylation sites (tertiary alicyclic amines) is 1. The number of halogens is 3. The molecular weight excluding hydrogens is 525 g/mol. The summed E-state index contributed by atoms with van der Waals surface area (Å²) in [6, 6.07) is 15.0. The number of amides is 1. The highest BCUT2D eigenvalue weighted by Crippen LogP contribution is 2.52. The molecule has 3 heterocycles. The van der Waals surface area contributed by atoms with Gasteiger partial charge in [0, 0.05) is 36.6 Å². The number of piperidine rings is 1. The molecule has 1 amide bonds. The molecule has 2 aliphatic heterocycles. The first-order chi connectivity index (χ1) is 18.7. The molecular formula is C29H35F3N4O2S. The van der Waals surface area contributed by atoms with Crippen molar-refractivity contribution < 1.29 is 21.2 Å². The van der Waals surface area contributed by atoms with Crippen molar-refractivity contribution in [1.82, 2.24) is 9.88 Å². The summed E-state index contributed by atoms with van der Waals surface area (Å²) in [4.78, 5) is 22.6. The normalized spacial score (nSPS) is 17.5. The second kappa shape index (κ2) is 12.0. The Kier molecular flexibility index (Phi) is 8.52. The summed E-state index contributed by atoms with van der Waals surface area (Å²) in [5, 5.41) is 3.97. The first-order valence-corrected chi connectivity index (χ1v) is 15.1. The average molecular weight is 561 g/mol. The molecule has 2 saturated heterocycles. The summed E-state index contributed by atoms with van der Waals surface area (Å²) < 4.78 is 41.9. The number of hydrogen-bond acceptors (Lipinski definition) is 5. The molecule has 1 N–H and O–H groups in total. The number of aromatic nitrogens is 1. The molecule has 2 aromatic carbocycles. The van der Waals surface area contributed by atoms with Crippen LogP contribution in [0.1, 0.15) is 43.2 Å². The van der Waals surface area contributed by atoms with E-state index in [1.54, 1.807) is 12.1 Å². The van der Waals surface area contributed by atoms with Crippen LogP contribution in [0.2, 0.25) is 0 Å². The summed E-state index contributed by atoms with van der Waals surface area (Å²) >= 11 is -5.20. The lowest BCUT2D eigenvalue weighted by atomic mass is 10.0. The fraction of sp³-hybridized carbons (Fsp3) is 0.448. The predicted octanol–water partition coefficient (Wildman–Crippen LogP) is 6.97. The Balaban J connectivity index is 1.15. The van der Waals surface area contributed by atoms with E-state index in [9.17, 15) is 16.5 Å². The Morgan fingerprint density at radius 2 is 1.74 bits per heavy atom. The fourth-order valence-electron chi connectivity index (χ4n) is 5.55. The molecule has 10 heteroatoms. The van der Waals surface area contributed by atoms with Crippen molar-refractivity contribution in [2.24, 2.45) is 0 Å². The quantitative estimate of drug-likeness (QED) is 0.306. The van der Waals surface area contributed by atoms with Gasteiger partial charge in [-0.25, -0.2) is 4.98 Å². The molecule has 2 aliphatic rings. The highest BCUT2D eigenvalue weighted by atomic mass is 32.3. The van der Waals surface area contributed by atoms with Crippen LogP contribution in [0.5, 0.6) is 5.75 Å². The summed E-state index contributed by atoms with van der Waals surface area (Å²) in [6.45, 7) is 6.62. The van der Waals surface area contributed by atoms with Crippen LogP contribution in [-0.4, -0.2) is 54.0 Å². The molecule has 0 aliphatic carbocycles. The van der Waals surface area contributed by atoms with Gasteiger partial charge in [0.05, 0.1) is 5.52 Å². The van der Waals surface area contributed by atoms with E-state index in [0.717, 1.165) is 46.6 Å². The molecule has 6 nitrogen and oxygen atoms in total. The van der Waals surface area contributed by atoms with Gasteiger partial charge in [0.1, 0.15) is 11.6 Å². The van der Waals surface area contributed by atoms with Crippen molar-refractivity contribution >= 4 is 39.5 Å². The number of nitrogens with one attached hydrogen (secondary N) is 1. The first kappa shape index (κ1) is 27.6. The van der Waals surface area contributed by atoms with Crippen LogP contribution >= 0.6 is 11.2 Å². The Hall–Kier alpha value is -2.98. The van der Waals surface area contributed by atoms with Gasteiger partial charge < -0.3 is 19.9 Å². The highest BCUT2D eigenvalue weighted by molar-refractivity contribution is 8.20. The lowest BCUT2D eigenvalue weighted by molar-refractivity contribution is -0.116. The number of carbonyl (C=O) groups is 1. The van der Waals surface area contributed by atoms with Crippen LogP contribution in [0, 0.1) is 6.92 Å². The average Bonchev–Trinajstić information content (AvgIpc) is 3.46. The van der Waals surface area contributed by atoms with Crippen LogP contribution in [0.3, 0.4) is 0 Å². The Morgan fingerprint density at radius 3 is 2.44 bits per heavy atom. The van der Waals surface area contributed by atoms with Crippen LogP contribution < -0.4 is 15.0 Å². The number of pyridine rings is 1. The van der Waals surface area contributed by atoms with E-state index < -0.39 is 17.1 Å². The van der Waals surface area contributed by atoms with Gasteiger partial charge in [-0.2, -0.15) is 0 Å². The van der Waals surface area contributed by atoms with Crippen molar-refractivity contribution in [1.29, 1.82) is 0 Å². The van der Waals surface area contributed by atoms with Gasteiger partial charge in [-0.1, -0.05) is 12.1 Å². The first-order valence-electron chi connectivity index (χ1n) is 13.6. The number of anilines is 2. The zero-order valence-electron chi connectivity index (χ0n) is 22.2. The maximum Gasteiger partial charge on any atom is 0.244 e. The lowest BCUT2D eigenvalue weighted by Crippen LogP contribution is -2.44. The van der Waals surface area contributed by atoms with Gasteiger partial charge in [-0.05, 0) is 99.6 Å². The Bertz CT molecular complexity index is 1290. The van der Waals surface area contributed by atoms with E-state index in [-0.39, 0.29) is 18.1 Å². The molecule has 3 aromatic rings. The van der Waals surface area contributed by atoms with E-state index >= 15 is 0 Å². The highest BCUT2D eigenvalue weighted by Gasteiger charge is 2.27. The van der Waals surface area contributed by atoms with E-state index in [1.165, 1.54) is 50.9 Å². The maximum atomic E-state index is 12.6. The minimum Gasteiger partial charge on any atom is -0.477 e. The van der Waals surface area contributed by atoms with Crippen molar-refractivity contribution in [3.05, 3.63) is 59.7 Å². The second-order valence-corrected chi connectivity index (χ2v) is 11.7. The van der Waals surface area contributed by atoms with E-state index in [0.29, 0.717) is 12.5 Å². The third-order valence-electron chi connectivity index (χ3n) is 7.65. The van der Waals surface area contributed by atoms with Gasteiger partial charge in [0.2, 0.25) is 17.1 Å². The largest absolute Gasteiger partial charge is 0.477 e. The van der Waals surface area contributed by atoms with Crippen molar-refractivity contribution in [3.8, 4) is 5.75 Å². The molecule has 2 fully saturated rings. The van der Waals surface area contributed by atoms with E-state index in [2.05, 4.69) is 28.1 Å².